The van der Waals surface area contributed by atoms with Gasteiger partial charge in [-0.2, -0.15) is 10.2 Å². The molecule has 0 amide bonds. The number of H-pyrrole nitrogens is 1. The number of ether oxygens (including phenoxy) is 3. The minimum absolute atomic E-state index is 0.0269. The number of nitrogens with one attached hydrogen (secondary N) is 1. The third-order valence-electron chi connectivity index (χ3n) is 7.44. The lowest BCUT2D eigenvalue weighted by molar-refractivity contribution is -0.527. The van der Waals surface area contributed by atoms with Crippen molar-refractivity contribution < 1.29 is 54.3 Å². The van der Waals surface area contributed by atoms with Crippen LogP contribution in [0.15, 0.2) is 66.7 Å². The van der Waals surface area contributed by atoms with Gasteiger partial charge in [0, 0.05) is 18.9 Å². The van der Waals surface area contributed by atoms with Crippen LogP contribution in [0.2, 0.25) is 0 Å². The molecule has 5 aromatic rings. The summed E-state index contributed by atoms with van der Waals surface area (Å²) in [6.45, 7) is 3.38. The number of tetrazole rings is 1. The third-order valence-corrected chi connectivity index (χ3v) is 7.44. The summed E-state index contributed by atoms with van der Waals surface area (Å²) in [6.07, 6.45) is -2.34. The van der Waals surface area contributed by atoms with Gasteiger partial charge in [0.05, 0.1) is 40.5 Å². The van der Waals surface area contributed by atoms with Crippen molar-refractivity contribution in [2.24, 2.45) is 0 Å². The van der Waals surface area contributed by atoms with E-state index in [0.717, 1.165) is 22.3 Å². The fourth-order valence-electron chi connectivity index (χ4n) is 5.30. The van der Waals surface area contributed by atoms with Crippen molar-refractivity contribution in [1.82, 2.24) is 41.0 Å². The molecule has 2 aromatic heterocycles. The van der Waals surface area contributed by atoms with E-state index in [1.54, 1.807) is 22.8 Å². The fraction of sp³-hybridized carbons (Fsp3) is 0.312. The van der Waals surface area contributed by atoms with E-state index in [9.17, 15) is 9.59 Å². The Morgan fingerprint density at radius 1 is 0.941 bits per heavy atom. The number of fused-ring (bicyclic) bond motifs is 1. The highest BCUT2D eigenvalue weighted by Gasteiger charge is 2.23. The summed E-state index contributed by atoms with van der Waals surface area (Å²) in [4.78, 5) is 39.5. The van der Waals surface area contributed by atoms with Crippen LogP contribution in [-0.2, 0) is 30.5 Å². The molecule has 51 heavy (non-hydrogen) atoms. The van der Waals surface area contributed by atoms with E-state index in [1.807, 2.05) is 55.5 Å². The zero-order chi connectivity index (χ0) is 36.3. The van der Waals surface area contributed by atoms with E-state index in [1.165, 1.54) is 6.92 Å². The number of aromatic nitrogens is 6. The van der Waals surface area contributed by atoms with Gasteiger partial charge in [-0.05, 0) is 53.8 Å². The first-order valence-corrected chi connectivity index (χ1v) is 15.7. The van der Waals surface area contributed by atoms with Gasteiger partial charge in [-0.3, -0.25) is 30.2 Å². The summed E-state index contributed by atoms with van der Waals surface area (Å²) in [5.41, 5.74) is 4.74. The Bertz CT molecular complexity index is 1880. The molecule has 3 aromatic carbocycles. The van der Waals surface area contributed by atoms with E-state index < -0.39 is 41.7 Å². The number of imidazole rings is 1. The quantitative estimate of drug-likeness (QED) is 0.0492. The Morgan fingerprint density at radius 2 is 1.71 bits per heavy atom. The molecule has 0 spiro atoms. The van der Waals surface area contributed by atoms with Crippen molar-refractivity contribution >= 4 is 23.0 Å². The topological polar surface area (TPSA) is 240 Å². The minimum atomic E-state index is -1.26. The molecule has 5 rings (SSSR count). The van der Waals surface area contributed by atoms with Crippen LogP contribution in [0.1, 0.15) is 49.0 Å². The Labute approximate surface area is 289 Å². The molecule has 5 N–H and O–H groups in total. The normalized spacial score (nSPS) is 12.7. The van der Waals surface area contributed by atoms with Crippen molar-refractivity contribution in [3.05, 3.63) is 77.9 Å². The fourth-order valence-corrected chi connectivity index (χ4v) is 5.30. The highest BCUT2D eigenvalue weighted by molar-refractivity contribution is 6.02. The zero-order valence-corrected chi connectivity index (χ0v) is 27.5. The van der Waals surface area contributed by atoms with Gasteiger partial charge >= 0.3 is 11.9 Å². The number of carbonyl (C=O) groups excluding carboxylic acids is 2. The molecule has 0 aliphatic carbocycles. The van der Waals surface area contributed by atoms with Crippen molar-refractivity contribution in [2.45, 2.75) is 52.0 Å². The summed E-state index contributed by atoms with van der Waals surface area (Å²) >= 11 is 0. The third kappa shape index (κ3) is 9.87. The van der Waals surface area contributed by atoms with Gasteiger partial charge in [0.15, 0.2) is 0 Å². The molecule has 0 aliphatic rings. The van der Waals surface area contributed by atoms with Crippen LogP contribution in [0.5, 0.6) is 6.01 Å². The van der Waals surface area contributed by atoms with Gasteiger partial charge in [0.2, 0.25) is 12.1 Å². The van der Waals surface area contributed by atoms with Crippen molar-refractivity contribution in [3.8, 4) is 28.5 Å². The highest BCUT2D eigenvalue weighted by atomic mass is 17.1. The lowest BCUT2D eigenvalue weighted by Gasteiger charge is -2.19. The summed E-state index contributed by atoms with van der Waals surface area (Å²) in [5, 5.41) is 48.4. The number of rotatable bonds is 18. The highest BCUT2D eigenvalue weighted by Crippen LogP contribution is 2.31. The molecule has 1 unspecified atom stereocenters. The second kappa shape index (κ2) is 17.5. The molecule has 270 valence electrons. The predicted octanol–water partition coefficient (Wildman–Crippen LogP) is 3.94. The number of benzene rings is 3. The summed E-state index contributed by atoms with van der Waals surface area (Å²) < 4.78 is 18.4. The molecule has 19 heteroatoms. The first-order chi connectivity index (χ1) is 24.6. The van der Waals surface area contributed by atoms with E-state index in [4.69, 9.17) is 35.0 Å². The Kier molecular flexibility index (Phi) is 12.7. The van der Waals surface area contributed by atoms with Crippen LogP contribution in [0.4, 0.5) is 0 Å². The molecular formula is C32H36N8O11. The number of carbonyl (C=O) groups is 2. The Balaban J connectivity index is 1.27. The van der Waals surface area contributed by atoms with Crippen LogP contribution in [0.3, 0.4) is 0 Å². The van der Waals surface area contributed by atoms with Gasteiger partial charge in [0.1, 0.15) is 12.7 Å². The van der Waals surface area contributed by atoms with Gasteiger partial charge in [-0.15, -0.1) is 10.2 Å². The first kappa shape index (κ1) is 36.9. The monoisotopic (exact) mass is 708 g/mol. The van der Waals surface area contributed by atoms with Crippen molar-refractivity contribution in [2.75, 3.05) is 13.2 Å². The van der Waals surface area contributed by atoms with Crippen molar-refractivity contribution in [1.29, 1.82) is 0 Å². The zero-order valence-electron chi connectivity index (χ0n) is 27.5. The molecule has 0 fully saturated rings. The number of para-hydroxylation sites is 1. The maximum Gasteiger partial charge on any atom is 0.343 e. The molecule has 19 nitrogen and oxygen atoms in total. The predicted molar refractivity (Wildman–Crippen MR) is 172 cm³/mol. The van der Waals surface area contributed by atoms with Crippen LogP contribution in [0, 0.1) is 0 Å². The number of hydrogen-bond donors (Lipinski definition) is 5. The largest absolute Gasteiger partial charge is 0.465 e. The first-order valence-electron chi connectivity index (χ1n) is 15.7. The second-order valence-corrected chi connectivity index (χ2v) is 10.9. The molecule has 0 radical (unpaired) electrons. The van der Waals surface area contributed by atoms with Crippen LogP contribution in [-0.4, -0.2) is 99.3 Å². The van der Waals surface area contributed by atoms with E-state index in [0.29, 0.717) is 36.0 Å². The van der Waals surface area contributed by atoms with E-state index >= 15 is 0 Å². The lowest BCUT2D eigenvalue weighted by atomic mass is 9.98. The molecule has 0 bridgehead atoms. The number of esters is 2. The molecule has 0 aliphatic heterocycles. The van der Waals surface area contributed by atoms with Crippen LogP contribution in [0.25, 0.3) is 33.5 Å². The second-order valence-electron chi connectivity index (χ2n) is 10.9. The molecule has 0 saturated carbocycles. The lowest BCUT2D eigenvalue weighted by Crippen LogP contribution is -2.31. The van der Waals surface area contributed by atoms with Gasteiger partial charge in [0.25, 0.3) is 6.01 Å². The Hall–Kier alpha value is -5.38. The summed E-state index contributed by atoms with van der Waals surface area (Å²) in [7, 11) is 0. The molecular weight excluding hydrogens is 672 g/mol. The standard InChI is InChI=1S/C32H36N8O11/c1-3-47-32-33-27-12-7-11-26(31(42)50-20(2)49-28(41)13-6-8-23(51-40(45)46)19-48-39(43)44)29(27)38(32)18-21-14-16-22(17-15-21)24-9-4-5-10-25(24)30-34-36-37-35-30/h4-5,7,9-12,14-17,20,23,43-46H,3,6,8,13,18-19H2,1-2H3,(H,34,35,36,37)/t20?,23-/m1/s1. The van der Waals surface area contributed by atoms with E-state index in [2.05, 4.69) is 35.3 Å². The number of nitrogens with zero attached hydrogens (tertiary/aromatic N) is 7. The maximum absolute atomic E-state index is 13.4. The summed E-state index contributed by atoms with van der Waals surface area (Å²) in [5.74, 6) is -0.989. The van der Waals surface area contributed by atoms with Gasteiger partial charge in [-0.1, -0.05) is 54.6 Å². The smallest absolute Gasteiger partial charge is 0.343 e. The van der Waals surface area contributed by atoms with Gasteiger partial charge in [-0.25, -0.2) is 14.5 Å². The van der Waals surface area contributed by atoms with Gasteiger partial charge < -0.3 is 14.2 Å². The molecule has 0 saturated heterocycles. The van der Waals surface area contributed by atoms with Crippen molar-refractivity contribution in [3.63, 3.8) is 0 Å². The molecule has 2 atom stereocenters. The average molecular weight is 709 g/mol. The molecule has 2 heterocycles. The number of aromatic amines is 1. The summed E-state index contributed by atoms with van der Waals surface area (Å²) in [6, 6.07) is 20.9. The average Bonchev–Trinajstić information content (AvgIpc) is 3.76. The minimum Gasteiger partial charge on any atom is -0.465 e. The number of hydrogen-bond acceptors (Lipinski definition) is 17. The SMILES string of the molecule is CCOc1nc2cccc(C(=O)OC(C)OC(=O)CCC[C@H](CON(O)O)ON(O)O)c2n1Cc1ccc(-c2ccccc2-c2nn[nH]n2)cc1. The maximum atomic E-state index is 13.4. The van der Waals surface area contributed by atoms with Crippen LogP contribution >= 0.6 is 0 Å². The van der Waals surface area contributed by atoms with Crippen LogP contribution < -0.4 is 4.74 Å². The van der Waals surface area contributed by atoms with E-state index in [-0.39, 0.29) is 24.8 Å². The Morgan fingerprint density at radius 3 is 2.39 bits per heavy atom.